The molecule has 0 aliphatic carbocycles. The third-order valence-electron chi connectivity index (χ3n) is 8.43. The maximum atomic E-state index is 14.7. The summed E-state index contributed by atoms with van der Waals surface area (Å²) >= 11 is 13.0. The number of halogens is 5. The van der Waals surface area contributed by atoms with Gasteiger partial charge in [0.25, 0.3) is 0 Å². The quantitative estimate of drug-likeness (QED) is 0.125. The minimum atomic E-state index is -4.76. The van der Waals surface area contributed by atoms with Crippen LogP contribution in [0.4, 0.5) is 35.2 Å². The molecule has 0 saturated carbocycles. The number of alkyl halides is 3. The van der Waals surface area contributed by atoms with Gasteiger partial charge in [-0.05, 0) is 62.7 Å². The highest BCUT2D eigenvalue weighted by molar-refractivity contribution is 6.76. The number of nitrogens with one attached hydrogen (secondary N) is 1. The topological polar surface area (TPSA) is 109 Å². The second-order valence-corrected chi connectivity index (χ2v) is 21.3. The second kappa shape index (κ2) is 15.5. The summed E-state index contributed by atoms with van der Waals surface area (Å²) in [5.41, 5.74) is 0.119. The number of amides is 1. The monoisotopic (exact) mass is 775 g/mol. The molecule has 1 fully saturated rings. The molecule has 0 spiro atoms. The van der Waals surface area contributed by atoms with Crippen molar-refractivity contribution in [1.29, 1.82) is 5.26 Å². The maximum Gasteiger partial charge on any atom is 0.418 e. The number of aromatic nitrogens is 3. The summed E-state index contributed by atoms with van der Waals surface area (Å²) in [6.07, 6.45) is -3.59. The van der Waals surface area contributed by atoms with Gasteiger partial charge in [0.2, 0.25) is 0 Å². The predicted octanol–water partition coefficient (Wildman–Crippen LogP) is 9.33. The maximum absolute atomic E-state index is 14.7. The third kappa shape index (κ3) is 9.49. The van der Waals surface area contributed by atoms with Crippen LogP contribution < -0.4 is 10.2 Å². The van der Waals surface area contributed by atoms with E-state index in [2.05, 4.69) is 41.0 Å². The SMILES string of the molecule is CC(C)(C)OC(=O)N1CCN(c2ccc(Nc3nc(Cc4c(Cl)cccc4Cl)c4ncn(COCC[Si](C)(C)C)c4c3C#N)c(C(F)(F)F)c2)CC1. The predicted molar refractivity (Wildman–Crippen MR) is 200 cm³/mol. The Balaban J connectivity index is 1.51. The zero-order valence-electron chi connectivity index (χ0n) is 30.0. The summed E-state index contributed by atoms with van der Waals surface area (Å²) < 4.78 is 57.2. The molecule has 1 aliphatic rings. The molecule has 1 amide bonds. The number of ether oxygens (including phenoxy) is 2. The van der Waals surface area contributed by atoms with E-state index in [0.717, 1.165) is 12.1 Å². The van der Waals surface area contributed by atoms with Gasteiger partial charge in [0.1, 0.15) is 29.5 Å². The van der Waals surface area contributed by atoms with Crippen LogP contribution in [-0.4, -0.2) is 72.0 Å². The van der Waals surface area contributed by atoms with Crippen molar-refractivity contribution in [3.8, 4) is 6.07 Å². The van der Waals surface area contributed by atoms with Crippen molar-refractivity contribution >= 4 is 65.6 Å². The molecular formula is C36H42Cl2F3N7O3Si. The Morgan fingerprint density at radius 2 is 1.73 bits per heavy atom. The lowest BCUT2D eigenvalue weighted by molar-refractivity contribution is -0.136. The Kier molecular flexibility index (Phi) is 11.7. The Labute approximate surface area is 312 Å². The third-order valence-corrected chi connectivity index (χ3v) is 10.8. The van der Waals surface area contributed by atoms with E-state index in [-0.39, 0.29) is 30.2 Å². The molecule has 0 radical (unpaired) electrons. The zero-order valence-corrected chi connectivity index (χ0v) is 32.5. The molecule has 2 aromatic carbocycles. The van der Waals surface area contributed by atoms with Gasteiger partial charge in [-0.15, -0.1) is 0 Å². The Bertz CT molecular complexity index is 1960. The highest BCUT2D eigenvalue weighted by Crippen LogP contribution is 2.40. The van der Waals surface area contributed by atoms with E-state index in [1.54, 1.807) is 59.4 Å². The molecule has 1 aliphatic heterocycles. The number of carbonyl (C=O) groups excluding carboxylic acids is 1. The molecule has 16 heteroatoms. The number of hydrogen-bond acceptors (Lipinski definition) is 8. The van der Waals surface area contributed by atoms with Gasteiger partial charge in [0.05, 0.1) is 28.8 Å². The van der Waals surface area contributed by atoms with Crippen LogP contribution in [0.25, 0.3) is 11.0 Å². The number of pyridine rings is 1. The number of hydrogen-bond donors (Lipinski definition) is 1. The number of imidazole rings is 1. The molecule has 3 heterocycles. The van der Waals surface area contributed by atoms with E-state index in [4.69, 9.17) is 32.7 Å². The lowest BCUT2D eigenvalue weighted by atomic mass is 10.1. The Hall–Kier alpha value is -4.03. The lowest BCUT2D eigenvalue weighted by Crippen LogP contribution is -2.50. The van der Waals surface area contributed by atoms with Gasteiger partial charge in [0.15, 0.2) is 5.82 Å². The largest absolute Gasteiger partial charge is 0.444 e. The first kappa shape index (κ1) is 39.2. The van der Waals surface area contributed by atoms with Gasteiger partial charge >= 0.3 is 12.3 Å². The number of nitriles is 1. The first-order valence-electron chi connectivity index (χ1n) is 16.8. The molecule has 52 heavy (non-hydrogen) atoms. The van der Waals surface area contributed by atoms with Gasteiger partial charge in [-0.3, -0.25) is 0 Å². The van der Waals surface area contributed by atoms with Crippen LogP contribution in [0, 0.1) is 11.3 Å². The van der Waals surface area contributed by atoms with E-state index in [1.165, 1.54) is 12.4 Å². The Morgan fingerprint density at radius 1 is 1.06 bits per heavy atom. The fourth-order valence-corrected chi connectivity index (χ4v) is 7.00. The zero-order chi connectivity index (χ0) is 38.0. The van der Waals surface area contributed by atoms with Crippen molar-refractivity contribution in [2.75, 3.05) is 43.0 Å². The second-order valence-electron chi connectivity index (χ2n) is 14.8. The van der Waals surface area contributed by atoms with Gasteiger partial charge in [0, 0.05) is 63.0 Å². The van der Waals surface area contributed by atoms with Crippen LogP contribution in [0.1, 0.15) is 43.2 Å². The first-order chi connectivity index (χ1) is 24.3. The molecule has 2 aromatic heterocycles. The van der Waals surface area contributed by atoms with Gasteiger partial charge < -0.3 is 29.2 Å². The van der Waals surface area contributed by atoms with E-state index in [1.807, 2.05) is 0 Å². The van der Waals surface area contributed by atoms with Gasteiger partial charge in [-0.25, -0.2) is 14.8 Å². The summed E-state index contributed by atoms with van der Waals surface area (Å²) in [5, 5.41) is 14.0. The summed E-state index contributed by atoms with van der Waals surface area (Å²) in [5.74, 6) is -0.0822. The van der Waals surface area contributed by atoms with Crippen LogP contribution in [0.2, 0.25) is 35.7 Å². The number of piperazine rings is 1. The highest BCUT2D eigenvalue weighted by atomic mass is 35.5. The van der Waals surface area contributed by atoms with Gasteiger partial charge in [-0.1, -0.05) is 48.9 Å². The van der Waals surface area contributed by atoms with E-state index in [0.29, 0.717) is 70.8 Å². The van der Waals surface area contributed by atoms with Crippen molar-refractivity contribution in [2.24, 2.45) is 0 Å². The van der Waals surface area contributed by atoms with Crippen LogP contribution in [0.15, 0.2) is 42.7 Å². The summed E-state index contributed by atoms with van der Waals surface area (Å²) in [7, 11) is -1.38. The fraction of sp³-hybridized carbons (Fsp3) is 0.444. The van der Waals surface area contributed by atoms with E-state index < -0.39 is 31.5 Å². The number of anilines is 3. The van der Waals surface area contributed by atoms with Crippen molar-refractivity contribution in [3.05, 3.63) is 75.2 Å². The molecule has 0 bridgehead atoms. The smallest absolute Gasteiger partial charge is 0.418 e. The van der Waals surface area contributed by atoms with Crippen molar-refractivity contribution in [3.63, 3.8) is 0 Å². The van der Waals surface area contributed by atoms with Crippen LogP contribution >= 0.6 is 23.2 Å². The molecule has 5 rings (SSSR count). The average molecular weight is 777 g/mol. The van der Waals surface area contributed by atoms with Crippen molar-refractivity contribution in [2.45, 2.75) is 71.4 Å². The molecule has 0 unspecified atom stereocenters. The van der Waals surface area contributed by atoms with Crippen molar-refractivity contribution in [1.82, 2.24) is 19.4 Å². The van der Waals surface area contributed by atoms with Crippen LogP contribution in [0.5, 0.6) is 0 Å². The van der Waals surface area contributed by atoms with Crippen molar-refractivity contribution < 1.29 is 27.4 Å². The molecule has 278 valence electrons. The van der Waals surface area contributed by atoms with Crippen LogP contribution in [-0.2, 0) is 28.8 Å². The fourth-order valence-electron chi connectivity index (χ4n) is 5.71. The number of benzene rings is 2. The molecule has 1 N–H and O–H groups in total. The Morgan fingerprint density at radius 3 is 2.33 bits per heavy atom. The number of rotatable bonds is 10. The first-order valence-corrected chi connectivity index (χ1v) is 21.3. The molecule has 0 atom stereocenters. The van der Waals surface area contributed by atoms with E-state index in [9.17, 15) is 23.2 Å². The highest BCUT2D eigenvalue weighted by Gasteiger charge is 2.36. The number of fused-ring (bicyclic) bond motifs is 1. The normalized spacial score (nSPS) is 14.1. The summed E-state index contributed by atoms with van der Waals surface area (Å²) in [4.78, 5) is 25.1. The van der Waals surface area contributed by atoms with Gasteiger partial charge in [-0.2, -0.15) is 18.4 Å². The molecule has 1 saturated heterocycles. The molecule has 4 aromatic rings. The number of nitrogens with zero attached hydrogens (tertiary/aromatic N) is 6. The molecule has 10 nitrogen and oxygen atoms in total. The minimum Gasteiger partial charge on any atom is -0.444 e. The summed E-state index contributed by atoms with van der Waals surface area (Å²) in [6.45, 7) is 13.8. The standard InChI is InChI=1S/C36H42Cl2F3N7O3Si/c1-35(2,3)51-34(49)47-14-12-46(13-15-47)23-10-11-29(26(18-23)36(39,40)41)44-33-25(20-42)32-31(43-21-48(32)22-50-16-17-52(4,5)6)30(45-33)19-24-27(37)8-7-9-28(24)38/h7-11,18,21H,12-17,19,22H2,1-6H3,(H,44,45). The molecular weight excluding hydrogens is 734 g/mol. The van der Waals surface area contributed by atoms with E-state index >= 15 is 0 Å². The lowest BCUT2D eigenvalue weighted by Gasteiger charge is -2.37. The summed E-state index contributed by atoms with van der Waals surface area (Å²) in [6, 6.07) is 12.1. The van der Waals surface area contributed by atoms with Crippen LogP contribution in [0.3, 0.4) is 0 Å². The minimum absolute atomic E-state index is 0.00534. The number of carbonyl (C=O) groups is 1. The average Bonchev–Trinajstić information content (AvgIpc) is 3.47.